The van der Waals surface area contributed by atoms with Crippen LogP contribution >= 0.6 is 0 Å². The van der Waals surface area contributed by atoms with Crippen molar-refractivity contribution in [1.82, 2.24) is 9.55 Å². The minimum absolute atomic E-state index is 0.206. The van der Waals surface area contributed by atoms with E-state index < -0.39 is 0 Å². The Morgan fingerprint density at radius 3 is 2.70 bits per heavy atom. The van der Waals surface area contributed by atoms with E-state index in [9.17, 15) is 0 Å². The van der Waals surface area contributed by atoms with Crippen molar-refractivity contribution in [2.75, 3.05) is 0 Å². The number of aromatic nitrogens is 2. The van der Waals surface area contributed by atoms with Crippen LogP contribution < -0.4 is 5.73 Å². The molecule has 1 heterocycles. The van der Waals surface area contributed by atoms with Crippen LogP contribution in [0, 0.1) is 5.92 Å². The number of nitrogens with two attached hydrogens (primary N) is 1. The lowest BCUT2D eigenvalue weighted by atomic mass is 9.98. The zero-order chi connectivity index (χ0) is 14.5. The Morgan fingerprint density at radius 2 is 2.00 bits per heavy atom. The van der Waals surface area contributed by atoms with E-state index in [1.807, 2.05) is 0 Å². The first-order valence-electron chi connectivity index (χ1n) is 7.85. The summed E-state index contributed by atoms with van der Waals surface area (Å²) in [7, 11) is 0. The van der Waals surface area contributed by atoms with Gasteiger partial charge in [0.05, 0.1) is 11.0 Å². The first kappa shape index (κ1) is 15.0. The molecule has 0 aliphatic carbocycles. The van der Waals surface area contributed by atoms with Gasteiger partial charge in [-0.1, -0.05) is 39.3 Å². The molecular weight excluding hydrogens is 246 g/mol. The number of aryl methyl sites for hydroxylation is 1. The molecule has 2 N–H and O–H groups in total. The maximum absolute atomic E-state index is 6.32. The molecule has 0 saturated carbocycles. The molecule has 1 aromatic heterocycles. The van der Waals surface area contributed by atoms with Crippen LogP contribution in [0.1, 0.15) is 45.9 Å². The molecule has 0 bridgehead atoms. The molecule has 0 amide bonds. The predicted octanol–water partition coefficient (Wildman–Crippen LogP) is 3.75. The molecule has 3 heteroatoms. The maximum Gasteiger partial charge on any atom is 0.111 e. The van der Waals surface area contributed by atoms with Gasteiger partial charge in [-0.2, -0.15) is 0 Å². The third-order valence-corrected chi connectivity index (χ3v) is 4.03. The van der Waals surface area contributed by atoms with E-state index in [2.05, 4.69) is 49.6 Å². The quantitative estimate of drug-likeness (QED) is 0.835. The monoisotopic (exact) mass is 273 g/mol. The molecule has 0 fully saturated rings. The fraction of sp³-hybridized carbons (Fsp3) is 0.588. The fourth-order valence-corrected chi connectivity index (χ4v) is 2.76. The van der Waals surface area contributed by atoms with E-state index >= 15 is 0 Å². The van der Waals surface area contributed by atoms with Crippen LogP contribution in [-0.2, 0) is 13.0 Å². The molecule has 2 unspecified atom stereocenters. The van der Waals surface area contributed by atoms with Crippen molar-refractivity contribution in [3.8, 4) is 0 Å². The van der Waals surface area contributed by atoms with Gasteiger partial charge in [0.2, 0.25) is 0 Å². The molecule has 20 heavy (non-hydrogen) atoms. The van der Waals surface area contributed by atoms with Gasteiger partial charge in [-0.3, -0.25) is 0 Å². The number of fused-ring (bicyclic) bond motifs is 1. The number of hydrogen-bond acceptors (Lipinski definition) is 2. The third-order valence-electron chi connectivity index (χ3n) is 4.03. The molecule has 1 aromatic carbocycles. The van der Waals surface area contributed by atoms with E-state index in [1.165, 1.54) is 11.9 Å². The Morgan fingerprint density at radius 1 is 1.25 bits per heavy atom. The van der Waals surface area contributed by atoms with Gasteiger partial charge in [0.15, 0.2) is 0 Å². The predicted molar refractivity (Wildman–Crippen MR) is 85.8 cm³/mol. The maximum atomic E-state index is 6.32. The van der Waals surface area contributed by atoms with Gasteiger partial charge in [-0.15, -0.1) is 0 Å². The lowest BCUT2D eigenvalue weighted by Gasteiger charge is -2.16. The summed E-state index contributed by atoms with van der Waals surface area (Å²) in [5.74, 6) is 1.83. The second kappa shape index (κ2) is 6.89. The van der Waals surface area contributed by atoms with Gasteiger partial charge in [-0.25, -0.2) is 4.98 Å². The normalized spacial score (nSPS) is 14.6. The Hall–Kier alpha value is -1.35. The Labute approximate surface area is 122 Å². The highest BCUT2D eigenvalue weighted by atomic mass is 15.1. The number of para-hydroxylation sites is 2. The van der Waals surface area contributed by atoms with Gasteiger partial charge in [0.25, 0.3) is 0 Å². The SMILES string of the molecule is CCCn1c(CC(N)CC(C)CC)nc2ccccc21. The third kappa shape index (κ3) is 3.40. The Balaban J connectivity index is 2.22. The van der Waals surface area contributed by atoms with E-state index in [-0.39, 0.29) is 6.04 Å². The largest absolute Gasteiger partial charge is 0.328 e. The number of rotatable bonds is 7. The van der Waals surface area contributed by atoms with Gasteiger partial charge < -0.3 is 10.3 Å². The van der Waals surface area contributed by atoms with Crippen molar-refractivity contribution < 1.29 is 0 Å². The van der Waals surface area contributed by atoms with Crippen LogP contribution in [0.15, 0.2) is 24.3 Å². The zero-order valence-electron chi connectivity index (χ0n) is 13.0. The van der Waals surface area contributed by atoms with Gasteiger partial charge in [-0.05, 0) is 30.9 Å². The van der Waals surface area contributed by atoms with E-state index in [0.29, 0.717) is 5.92 Å². The molecule has 0 saturated heterocycles. The second-order valence-electron chi connectivity index (χ2n) is 5.88. The minimum Gasteiger partial charge on any atom is -0.328 e. The van der Waals surface area contributed by atoms with Crippen molar-refractivity contribution in [2.24, 2.45) is 11.7 Å². The van der Waals surface area contributed by atoms with Crippen molar-refractivity contribution in [3.63, 3.8) is 0 Å². The van der Waals surface area contributed by atoms with Gasteiger partial charge >= 0.3 is 0 Å². The van der Waals surface area contributed by atoms with E-state index in [4.69, 9.17) is 10.7 Å². The highest BCUT2D eigenvalue weighted by molar-refractivity contribution is 5.75. The summed E-state index contributed by atoms with van der Waals surface area (Å²) in [6, 6.07) is 8.58. The molecule has 2 rings (SSSR count). The summed E-state index contributed by atoms with van der Waals surface area (Å²) in [6.07, 6.45) is 4.26. The summed E-state index contributed by atoms with van der Waals surface area (Å²) < 4.78 is 2.34. The molecule has 2 atom stereocenters. The lowest BCUT2D eigenvalue weighted by Crippen LogP contribution is -2.27. The molecule has 0 aliphatic heterocycles. The first-order chi connectivity index (χ1) is 9.65. The standard InChI is InChI=1S/C17H27N3/c1-4-10-20-16-9-7-6-8-15(16)19-17(20)12-14(18)11-13(3)5-2/h6-9,13-14H,4-5,10-12,18H2,1-3H3. The lowest BCUT2D eigenvalue weighted by molar-refractivity contribution is 0.441. The number of benzene rings is 1. The molecule has 2 aromatic rings. The molecular formula is C17H27N3. The average molecular weight is 273 g/mol. The molecule has 110 valence electrons. The van der Waals surface area contributed by atoms with E-state index in [1.54, 1.807) is 0 Å². The van der Waals surface area contributed by atoms with Crippen LogP contribution in [0.4, 0.5) is 0 Å². The van der Waals surface area contributed by atoms with Crippen molar-refractivity contribution in [1.29, 1.82) is 0 Å². The topological polar surface area (TPSA) is 43.8 Å². The minimum atomic E-state index is 0.206. The van der Waals surface area contributed by atoms with Crippen molar-refractivity contribution in [2.45, 2.75) is 59.0 Å². The number of imidazole rings is 1. The fourth-order valence-electron chi connectivity index (χ4n) is 2.76. The summed E-state index contributed by atoms with van der Waals surface area (Å²) in [5, 5.41) is 0. The summed E-state index contributed by atoms with van der Waals surface area (Å²) in [4.78, 5) is 4.79. The van der Waals surface area contributed by atoms with Crippen LogP contribution in [0.3, 0.4) is 0 Å². The highest BCUT2D eigenvalue weighted by Gasteiger charge is 2.14. The number of nitrogens with zero attached hydrogens (tertiary/aromatic N) is 2. The van der Waals surface area contributed by atoms with Crippen LogP contribution in [-0.4, -0.2) is 15.6 Å². The van der Waals surface area contributed by atoms with Crippen LogP contribution in [0.5, 0.6) is 0 Å². The Kier molecular flexibility index (Phi) is 5.18. The van der Waals surface area contributed by atoms with Crippen molar-refractivity contribution >= 4 is 11.0 Å². The average Bonchev–Trinajstić information content (AvgIpc) is 2.77. The summed E-state index contributed by atoms with van der Waals surface area (Å²) >= 11 is 0. The molecule has 0 radical (unpaired) electrons. The van der Waals surface area contributed by atoms with Crippen molar-refractivity contribution in [3.05, 3.63) is 30.1 Å². The van der Waals surface area contributed by atoms with E-state index in [0.717, 1.165) is 37.1 Å². The van der Waals surface area contributed by atoms with Crippen LogP contribution in [0.25, 0.3) is 11.0 Å². The molecule has 3 nitrogen and oxygen atoms in total. The molecule has 0 spiro atoms. The molecule has 0 aliphatic rings. The summed E-state index contributed by atoms with van der Waals surface area (Å²) in [6.45, 7) is 7.72. The first-order valence-corrected chi connectivity index (χ1v) is 7.85. The van der Waals surface area contributed by atoms with Crippen LogP contribution in [0.2, 0.25) is 0 Å². The highest BCUT2D eigenvalue weighted by Crippen LogP contribution is 2.19. The smallest absolute Gasteiger partial charge is 0.111 e. The number of hydrogen-bond donors (Lipinski definition) is 1. The second-order valence-corrected chi connectivity index (χ2v) is 5.88. The van der Waals surface area contributed by atoms with Gasteiger partial charge in [0.1, 0.15) is 5.82 Å². The van der Waals surface area contributed by atoms with Gasteiger partial charge in [0, 0.05) is 19.0 Å². The zero-order valence-corrected chi connectivity index (χ0v) is 13.0. The summed E-state index contributed by atoms with van der Waals surface area (Å²) in [5.41, 5.74) is 8.64. The Bertz CT molecular complexity index is 544.